The Hall–Kier alpha value is -1.19. The van der Waals surface area contributed by atoms with Crippen LogP contribution in [-0.2, 0) is 4.74 Å². The van der Waals surface area contributed by atoms with Crippen molar-refractivity contribution in [2.75, 3.05) is 12.4 Å². The first-order chi connectivity index (χ1) is 9.92. The van der Waals surface area contributed by atoms with E-state index in [9.17, 15) is 9.59 Å². The molecule has 0 aliphatic carbocycles. The summed E-state index contributed by atoms with van der Waals surface area (Å²) in [6.07, 6.45) is 0. The van der Waals surface area contributed by atoms with Gasteiger partial charge in [0.1, 0.15) is 4.88 Å². The van der Waals surface area contributed by atoms with Crippen molar-refractivity contribution in [3.8, 4) is 0 Å². The maximum absolute atomic E-state index is 11.6. The molecule has 0 saturated carbocycles. The number of halogens is 2. The molecule has 5 nitrogen and oxygen atoms in total. The van der Waals surface area contributed by atoms with Gasteiger partial charge in [-0.3, -0.25) is 4.79 Å². The number of aromatic nitrogens is 1. The molecule has 0 fully saturated rings. The number of methoxy groups -OCH3 is 1. The molecule has 2 aromatic rings. The number of benzene rings is 1. The summed E-state index contributed by atoms with van der Waals surface area (Å²) in [5.41, 5.74) is 0.663. The highest BCUT2D eigenvalue weighted by molar-refractivity contribution is 14.1. The lowest BCUT2D eigenvalue weighted by atomic mass is 10.3. The van der Waals surface area contributed by atoms with Gasteiger partial charge in [0.05, 0.1) is 17.8 Å². The normalized spacial score (nSPS) is 10.3. The molecule has 1 heterocycles. The molecular formula is C13H10ClIN2O3S. The Kier molecular flexibility index (Phi) is 5.17. The topological polar surface area (TPSA) is 68.3 Å². The summed E-state index contributed by atoms with van der Waals surface area (Å²) < 4.78 is 5.63. The molecule has 0 unspecified atom stereocenters. The van der Waals surface area contributed by atoms with E-state index in [0.29, 0.717) is 15.8 Å². The van der Waals surface area contributed by atoms with Crippen LogP contribution >= 0.6 is 45.5 Å². The van der Waals surface area contributed by atoms with Crippen LogP contribution in [0.1, 0.15) is 27.1 Å². The van der Waals surface area contributed by atoms with E-state index in [2.05, 4.69) is 37.6 Å². The molecule has 0 spiro atoms. The van der Waals surface area contributed by atoms with Gasteiger partial charge in [0, 0.05) is 10.5 Å². The van der Waals surface area contributed by atoms with Crippen molar-refractivity contribution in [2.45, 2.75) is 6.92 Å². The smallest absolute Gasteiger partial charge is 0.358 e. The van der Waals surface area contributed by atoms with E-state index in [1.807, 2.05) is 6.07 Å². The van der Waals surface area contributed by atoms with Gasteiger partial charge in [-0.05, 0) is 40.8 Å². The molecule has 1 aromatic heterocycles. The van der Waals surface area contributed by atoms with Crippen LogP contribution in [0.25, 0.3) is 0 Å². The zero-order chi connectivity index (χ0) is 15.6. The van der Waals surface area contributed by atoms with Gasteiger partial charge >= 0.3 is 5.97 Å². The van der Waals surface area contributed by atoms with Gasteiger partial charge in [-0.1, -0.05) is 22.9 Å². The van der Waals surface area contributed by atoms with E-state index in [0.717, 1.165) is 14.9 Å². The predicted octanol–water partition coefficient (Wildman–Crippen LogP) is 4.13. The maximum Gasteiger partial charge on any atom is 0.358 e. The summed E-state index contributed by atoms with van der Waals surface area (Å²) in [4.78, 5) is 27.6. The number of hydrogen-bond donors (Lipinski definition) is 1. The van der Waals surface area contributed by atoms with E-state index in [4.69, 9.17) is 11.6 Å². The number of carbonyl (C=O) groups excluding carboxylic acids is 2. The van der Waals surface area contributed by atoms with Gasteiger partial charge < -0.3 is 10.1 Å². The average molecular weight is 437 g/mol. The summed E-state index contributed by atoms with van der Waals surface area (Å²) >= 11 is 9.37. The first kappa shape index (κ1) is 16.2. The predicted molar refractivity (Wildman–Crippen MR) is 90.9 cm³/mol. The molecule has 8 heteroatoms. The highest BCUT2D eigenvalue weighted by Crippen LogP contribution is 2.31. The van der Waals surface area contributed by atoms with Crippen LogP contribution in [0, 0.1) is 3.57 Å². The largest absolute Gasteiger partial charge is 0.464 e. The zero-order valence-corrected chi connectivity index (χ0v) is 14.8. The van der Waals surface area contributed by atoms with Crippen molar-refractivity contribution in [2.24, 2.45) is 0 Å². The molecule has 0 amide bonds. The molecule has 1 aromatic carbocycles. The quantitative estimate of drug-likeness (QED) is 0.443. The Balaban J connectivity index is 2.37. The Morgan fingerprint density at radius 2 is 2.14 bits per heavy atom. The van der Waals surface area contributed by atoms with Crippen molar-refractivity contribution < 1.29 is 14.3 Å². The van der Waals surface area contributed by atoms with Crippen LogP contribution < -0.4 is 5.32 Å². The van der Waals surface area contributed by atoms with E-state index in [-0.39, 0.29) is 16.4 Å². The molecule has 2 rings (SSSR count). The molecule has 0 aliphatic rings. The first-order valence-corrected chi connectivity index (χ1v) is 8.02. The monoisotopic (exact) mass is 436 g/mol. The lowest BCUT2D eigenvalue weighted by molar-refractivity contribution is 0.0591. The molecule has 0 saturated heterocycles. The van der Waals surface area contributed by atoms with Gasteiger partial charge in [-0.2, -0.15) is 0 Å². The first-order valence-electron chi connectivity index (χ1n) is 5.74. The zero-order valence-electron chi connectivity index (χ0n) is 11.1. The number of Topliss-reactive ketones (excluding diaryl/α,β-unsaturated/α-hetero) is 1. The third kappa shape index (κ3) is 3.72. The van der Waals surface area contributed by atoms with Crippen LogP contribution in [0.4, 0.5) is 10.8 Å². The third-order valence-electron chi connectivity index (χ3n) is 2.50. The minimum Gasteiger partial charge on any atom is -0.464 e. The summed E-state index contributed by atoms with van der Waals surface area (Å²) in [6.45, 7) is 1.38. The second-order valence-corrected chi connectivity index (χ2v) is 6.65. The number of nitrogens with one attached hydrogen (secondary N) is 1. The second-order valence-electron chi connectivity index (χ2n) is 3.99. The van der Waals surface area contributed by atoms with Crippen LogP contribution in [0.15, 0.2) is 18.2 Å². The number of thiazole rings is 1. The summed E-state index contributed by atoms with van der Waals surface area (Å²) in [6, 6.07) is 5.48. The van der Waals surface area contributed by atoms with Crippen LogP contribution in [0.5, 0.6) is 0 Å². The molecule has 0 aliphatic heterocycles. The number of rotatable bonds is 4. The number of ketones is 1. The number of carbonyl (C=O) groups is 2. The van der Waals surface area contributed by atoms with Gasteiger partial charge in [-0.25, -0.2) is 9.78 Å². The average Bonchev–Trinajstić information content (AvgIpc) is 2.85. The third-order valence-corrected chi connectivity index (χ3v) is 4.55. The van der Waals surface area contributed by atoms with E-state index in [1.165, 1.54) is 14.0 Å². The van der Waals surface area contributed by atoms with Crippen molar-refractivity contribution in [1.29, 1.82) is 0 Å². The fraction of sp³-hybridized carbons (Fsp3) is 0.154. The molecule has 0 radical (unpaired) electrons. The number of hydrogen-bond acceptors (Lipinski definition) is 6. The van der Waals surface area contributed by atoms with Gasteiger partial charge in [-0.15, -0.1) is 0 Å². The molecule has 1 N–H and O–H groups in total. The van der Waals surface area contributed by atoms with Crippen molar-refractivity contribution in [1.82, 2.24) is 4.98 Å². The SMILES string of the molecule is COC(=O)c1nc(Nc2ccc(I)cc2Cl)sc1C(C)=O. The molecular weight excluding hydrogens is 427 g/mol. The number of nitrogens with zero attached hydrogens (tertiary/aromatic N) is 1. The Bertz CT molecular complexity index is 717. The minimum atomic E-state index is -0.641. The molecule has 0 bridgehead atoms. The molecule has 110 valence electrons. The van der Waals surface area contributed by atoms with Crippen molar-refractivity contribution >= 4 is 68.1 Å². The minimum absolute atomic E-state index is 0.0131. The van der Waals surface area contributed by atoms with E-state index >= 15 is 0 Å². The highest BCUT2D eigenvalue weighted by atomic mass is 127. The summed E-state index contributed by atoms with van der Waals surface area (Å²) in [7, 11) is 1.24. The maximum atomic E-state index is 11.6. The molecule has 21 heavy (non-hydrogen) atoms. The van der Waals surface area contributed by atoms with Gasteiger partial charge in [0.15, 0.2) is 16.6 Å². The Labute approximate surface area is 143 Å². The standard InChI is InChI=1S/C13H10ClIN2O3S/c1-6(18)11-10(12(19)20-2)17-13(21-11)16-9-4-3-7(15)5-8(9)14/h3-5H,1-2H3,(H,16,17). The fourth-order valence-corrected chi connectivity index (χ4v) is 3.32. The van der Waals surface area contributed by atoms with Crippen molar-refractivity contribution in [3.63, 3.8) is 0 Å². The Morgan fingerprint density at radius 3 is 2.71 bits per heavy atom. The van der Waals surface area contributed by atoms with E-state index in [1.54, 1.807) is 12.1 Å². The number of anilines is 2. The number of esters is 1. The summed E-state index contributed by atoms with van der Waals surface area (Å²) in [5, 5.41) is 3.94. The Morgan fingerprint density at radius 1 is 1.43 bits per heavy atom. The second kappa shape index (κ2) is 6.71. The van der Waals surface area contributed by atoms with Crippen LogP contribution in [0.3, 0.4) is 0 Å². The van der Waals surface area contributed by atoms with Crippen molar-refractivity contribution in [3.05, 3.63) is 37.4 Å². The molecule has 0 atom stereocenters. The number of ether oxygens (including phenoxy) is 1. The fourth-order valence-electron chi connectivity index (χ4n) is 1.55. The lowest BCUT2D eigenvalue weighted by Crippen LogP contribution is -2.07. The van der Waals surface area contributed by atoms with E-state index < -0.39 is 5.97 Å². The highest BCUT2D eigenvalue weighted by Gasteiger charge is 2.22. The lowest BCUT2D eigenvalue weighted by Gasteiger charge is -2.05. The van der Waals surface area contributed by atoms with Crippen LogP contribution in [0.2, 0.25) is 5.02 Å². The van der Waals surface area contributed by atoms with Gasteiger partial charge in [0.2, 0.25) is 0 Å². The van der Waals surface area contributed by atoms with Crippen LogP contribution in [-0.4, -0.2) is 23.8 Å². The summed E-state index contributed by atoms with van der Waals surface area (Å²) in [5.74, 6) is -0.882. The van der Waals surface area contributed by atoms with Gasteiger partial charge in [0.25, 0.3) is 0 Å².